The highest BCUT2D eigenvalue weighted by Gasteiger charge is 2.05. The maximum Gasteiger partial charge on any atom is 0.134 e. The number of phenolic OH excluding ortho intramolecular Hbond substituents is 1. The quantitative estimate of drug-likeness (QED) is 0.815. The molecule has 0 saturated carbocycles. The fourth-order valence-corrected chi connectivity index (χ4v) is 1.50. The van der Waals surface area contributed by atoms with Crippen LogP contribution in [0.25, 0.3) is 0 Å². The van der Waals surface area contributed by atoms with Gasteiger partial charge in [0.25, 0.3) is 0 Å². The summed E-state index contributed by atoms with van der Waals surface area (Å²) in [5.74, 6) is 0.424. The summed E-state index contributed by atoms with van der Waals surface area (Å²) < 4.78 is 0. The number of carbonyl (C=O) groups is 1. The van der Waals surface area contributed by atoms with Gasteiger partial charge in [0.05, 0.1) is 0 Å². The average Bonchev–Trinajstić information content (AvgIpc) is 2.09. The van der Waals surface area contributed by atoms with E-state index < -0.39 is 0 Å². The lowest BCUT2D eigenvalue weighted by atomic mass is 10.1. The topological polar surface area (TPSA) is 40.5 Å². The van der Waals surface area contributed by atoms with Gasteiger partial charge in [-0.2, -0.15) is 0 Å². The highest BCUT2D eigenvalue weighted by Crippen LogP contribution is 2.20. The Balaban J connectivity index is 2.89. The Kier molecular flexibility index (Phi) is 3.86. The Bertz CT molecular complexity index is 359. The summed E-state index contributed by atoms with van der Waals surface area (Å²) in [4.78, 5) is 12.9. The largest absolute Gasteiger partial charge is 0.508 e. The molecule has 0 heterocycles. The first kappa shape index (κ1) is 11.7. The number of hydrogen-bond donors (Lipinski definition) is 1. The molecule has 1 rings (SSSR count). The minimum Gasteiger partial charge on any atom is -0.508 e. The van der Waals surface area contributed by atoms with E-state index in [1.807, 2.05) is 25.1 Å². The molecule has 0 aliphatic heterocycles. The number of benzene rings is 1. The van der Waals surface area contributed by atoms with Gasteiger partial charge in [-0.05, 0) is 32.6 Å². The van der Waals surface area contributed by atoms with E-state index in [-0.39, 0.29) is 11.5 Å². The van der Waals surface area contributed by atoms with Crippen LogP contribution in [0, 0.1) is 0 Å². The van der Waals surface area contributed by atoms with Crippen LogP contribution in [0.3, 0.4) is 0 Å². The van der Waals surface area contributed by atoms with E-state index in [9.17, 15) is 9.90 Å². The Labute approximate surface area is 90.3 Å². The summed E-state index contributed by atoms with van der Waals surface area (Å²) >= 11 is 0. The zero-order chi connectivity index (χ0) is 11.4. The summed E-state index contributed by atoms with van der Waals surface area (Å²) in [6.45, 7) is 2.25. The van der Waals surface area contributed by atoms with Crippen LogP contribution in [0.2, 0.25) is 0 Å². The van der Waals surface area contributed by atoms with Gasteiger partial charge < -0.3 is 10.0 Å². The van der Waals surface area contributed by atoms with Gasteiger partial charge in [-0.25, -0.2) is 0 Å². The zero-order valence-corrected chi connectivity index (χ0v) is 9.45. The van der Waals surface area contributed by atoms with Gasteiger partial charge in [0.1, 0.15) is 11.5 Å². The fourth-order valence-electron chi connectivity index (χ4n) is 1.50. The van der Waals surface area contributed by atoms with E-state index >= 15 is 0 Å². The van der Waals surface area contributed by atoms with Crippen molar-refractivity contribution >= 4 is 5.78 Å². The van der Waals surface area contributed by atoms with Crippen LogP contribution in [0.5, 0.6) is 5.75 Å². The summed E-state index contributed by atoms with van der Waals surface area (Å²) in [6, 6.07) is 5.32. The van der Waals surface area contributed by atoms with Gasteiger partial charge in [-0.3, -0.25) is 4.79 Å². The van der Waals surface area contributed by atoms with Crippen LogP contribution in [-0.4, -0.2) is 29.9 Å². The van der Waals surface area contributed by atoms with Gasteiger partial charge in [0, 0.05) is 18.5 Å². The number of hydrogen-bond acceptors (Lipinski definition) is 3. The van der Waals surface area contributed by atoms with E-state index in [2.05, 4.69) is 0 Å². The molecule has 0 aliphatic rings. The average molecular weight is 207 g/mol. The predicted octanol–water partition coefficient (Wildman–Crippen LogP) is 1.59. The van der Waals surface area contributed by atoms with Crippen molar-refractivity contribution in [2.45, 2.75) is 19.9 Å². The van der Waals surface area contributed by atoms with E-state index in [1.165, 1.54) is 0 Å². The van der Waals surface area contributed by atoms with Crippen LogP contribution in [-0.2, 0) is 17.8 Å². The molecule has 0 saturated heterocycles. The SMILES string of the molecule is CC(=O)Cc1ccc(O)c(CN(C)C)c1. The second-order valence-corrected chi connectivity index (χ2v) is 4.08. The molecule has 0 bridgehead atoms. The summed E-state index contributed by atoms with van der Waals surface area (Å²) in [5, 5.41) is 9.61. The molecule has 0 amide bonds. The molecule has 82 valence electrons. The van der Waals surface area contributed by atoms with E-state index in [0.717, 1.165) is 11.1 Å². The Morgan fingerprint density at radius 3 is 2.60 bits per heavy atom. The molecule has 0 unspecified atom stereocenters. The molecular weight excluding hydrogens is 190 g/mol. The Morgan fingerprint density at radius 1 is 1.40 bits per heavy atom. The standard InChI is InChI=1S/C12H17NO2/c1-9(14)6-10-4-5-12(15)11(7-10)8-13(2)3/h4-5,7,15H,6,8H2,1-3H3. The second kappa shape index (κ2) is 4.94. The molecular formula is C12H17NO2. The highest BCUT2D eigenvalue weighted by atomic mass is 16.3. The molecule has 0 fully saturated rings. The van der Waals surface area contributed by atoms with Crippen molar-refractivity contribution in [3.63, 3.8) is 0 Å². The lowest BCUT2D eigenvalue weighted by Crippen LogP contribution is -2.11. The first-order chi connectivity index (χ1) is 6.99. The Morgan fingerprint density at radius 2 is 2.07 bits per heavy atom. The molecule has 0 spiro atoms. The third kappa shape index (κ3) is 3.72. The number of phenols is 1. The predicted molar refractivity (Wildman–Crippen MR) is 59.9 cm³/mol. The minimum absolute atomic E-state index is 0.136. The molecule has 3 heteroatoms. The number of carbonyl (C=O) groups excluding carboxylic acids is 1. The molecule has 1 N–H and O–H groups in total. The smallest absolute Gasteiger partial charge is 0.134 e. The Hall–Kier alpha value is -1.35. The first-order valence-electron chi connectivity index (χ1n) is 4.94. The lowest BCUT2D eigenvalue weighted by Gasteiger charge is -2.12. The van der Waals surface area contributed by atoms with Crippen molar-refractivity contribution in [3.05, 3.63) is 29.3 Å². The van der Waals surface area contributed by atoms with Crippen molar-refractivity contribution < 1.29 is 9.90 Å². The first-order valence-corrected chi connectivity index (χ1v) is 4.94. The van der Waals surface area contributed by atoms with Gasteiger partial charge in [-0.1, -0.05) is 12.1 Å². The number of rotatable bonds is 4. The number of aromatic hydroxyl groups is 1. The normalized spacial score (nSPS) is 10.7. The second-order valence-electron chi connectivity index (χ2n) is 4.08. The minimum atomic E-state index is 0.136. The van der Waals surface area contributed by atoms with Crippen molar-refractivity contribution in [2.75, 3.05) is 14.1 Å². The van der Waals surface area contributed by atoms with Crippen molar-refractivity contribution in [2.24, 2.45) is 0 Å². The lowest BCUT2D eigenvalue weighted by molar-refractivity contribution is -0.116. The van der Waals surface area contributed by atoms with Crippen LogP contribution >= 0.6 is 0 Å². The number of ketones is 1. The van der Waals surface area contributed by atoms with E-state index in [4.69, 9.17) is 0 Å². The van der Waals surface area contributed by atoms with Gasteiger partial charge in [-0.15, -0.1) is 0 Å². The number of Topliss-reactive ketones (excluding diaryl/α,β-unsaturated/α-hetero) is 1. The van der Waals surface area contributed by atoms with Crippen LogP contribution in [0.15, 0.2) is 18.2 Å². The van der Waals surface area contributed by atoms with Crippen molar-refractivity contribution in [3.8, 4) is 5.75 Å². The molecule has 15 heavy (non-hydrogen) atoms. The van der Waals surface area contributed by atoms with E-state index in [1.54, 1.807) is 19.1 Å². The maximum atomic E-state index is 11.0. The highest BCUT2D eigenvalue weighted by molar-refractivity contribution is 5.78. The summed E-state index contributed by atoms with van der Waals surface area (Å²) in [5.41, 5.74) is 1.82. The fraction of sp³-hybridized carbons (Fsp3) is 0.417. The third-order valence-corrected chi connectivity index (χ3v) is 2.08. The monoisotopic (exact) mass is 207 g/mol. The van der Waals surface area contributed by atoms with Gasteiger partial charge in [0.15, 0.2) is 0 Å². The molecule has 0 atom stereocenters. The van der Waals surface area contributed by atoms with Gasteiger partial charge in [0.2, 0.25) is 0 Å². The summed E-state index contributed by atoms with van der Waals surface area (Å²) in [6.07, 6.45) is 0.431. The van der Waals surface area contributed by atoms with Crippen molar-refractivity contribution in [1.82, 2.24) is 4.90 Å². The molecule has 1 aromatic rings. The van der Waals surface area contributed by atoms with Crippen LogP contribution in [0.1, 0.15) is 18.1 Å². The number of nitrogens with zero attached hydrogens (tertiary/aromatic N) is 1. The van der Waals surface area contributed by atoms with Crippen LogP contribution in [0.4, 0.5) is 0 Å². The van der Waals surface area contributed by atoms with Crippen molar-refractivity contribution in [1.29, 1.82) is 0 Å². The third-order valence-electron chi connectivity index (χ3n) is 2.08. The molecule has 3 nitrogen and oxygen atoms in total. The van der Waals surface area contributed by atoms with E-state index in [0.29, 0.717) is 13.0 Å². The molecule has 0 aromatic heterocycles. The molecule has 0 radical (unpaired) electrons. The van der Waals surface area contributed by atoms with Crippen LogP contribution < -0.4 is 0 Å². The van der Waals surface area contributed by atoms with Gasteiger partial charge >= 0.3 is 0 Å². The molecule has 0 aliphatic carbocycles. The molecule has 1 aromatic carbocycles. The summed E-state index contributed by atoms with van der Waals surface area (Å²) in [7, 11) is 3.88. The maximum absolute atomic E-state index is 11.0. The zero-order valence-electron chi connectivity index (χ0n) is 9.45.